The van der Waals surface area contributed by atoms with Crippen molar-refractivity contribution in [1.29, 1.82) is 0 Å². The molecule has 1 fully saturated rings. The Morgan fingerprint density at radius 1 is 1.00 bits per heavy atom. The summed E-state index contributed by atoms with van der Waals surface area (Å²) in [4.78, 5) is 27.6. The van der Waals surface area contributed by atoms with Gasteiger partial charge in [0.2, 0.25) is 0 Å². The first-order valence-electron chi connectivity index (χ1n) is 12.4. The highest BCUT2D eigenvalue weighted by Crippen LogP contribution is 2.35. The molecule has 1 saturated heterocycles. The van der Waals surface area contributed by atoms with Crippen LogP contribution in [0.3, 0.4) is 0 Å². The van der Waals surface area contributed by atoms with Crippen LogP contribution < -0.4 is 4.90 Å². The summed E-state index contributed by atoms with van der Waals surface area (Å²) in [5, 5.41) is 9.57. The number of nitrogens with zero attached hydrogens (tertiary/aromatic N) is 5. The number of carbonyl (C=O) groups is 1. The topological polar surface area (TPSA) is 75.4 Å². The molecule has 7 nitrogen and oxygen atoms in total. The fourth-order valence-corrected chi connectivity index (χ4v) is 5.46. The summed E-state index contributed by atoms with van der Waals surface area (Å²) in [5.74, 6) is 1.72. The number of unbranched alkanes of at least 4 members (excludes halogenated alkanes) is 1. The van der Waals surface area contributed by atoms with Crippen molar-refractivity contribution in [3.05, 3.63) is 70.7 Å². The van der Waals surface area contributed by atoms with Crippen molar-refractivity contribution < 1.29 is 9.32 Å². The van der Waals surface area contributed by atoms with Crippen molar-refractivity contribution in [2.24, 2.45) is 0 Å². The first-order valence-corrected chi connectivity index (χ1v) is 13.3. The fourth-order valence-electron chi connectivity index (χ4n) is 4.77. The Morgan fingerprint density at radius 3 is 2.61 bits per heavy atom. The highest BCUT2D eigenvalue weighted by Gasteiger charge is 2.27. The van der Waals surface area contributed by atoms with E-state index in [2.05, 4.69) is 47.3 Å². The molecule has 6 rings (SSSR count). The van der Waals surface area contributed by atoms with Gasteiger partial charge in [-0.2, -0.15) is 4.98 Å². The highest BCUT2D eigenvalue weighted by atomic mass is 32.1. The summed E-state index contributed by atoms with van der Waals surface area (Å²) >= 11 is 1.49. The lowest BCUT2D eigenvalue weighted by Crippen LogP contribution is -2.49. The van der Waals surface area contributed by atoms with E-state index in [1.54, 1.807) is 0 Å². The Labute approximate surface area is 213 Å². The van der Waals surface area contributed by atoms with Gasteiger partial charge in [0.25, 0.3) is 11.6 Å². The zero-order valence-corrected chi connectivity index (χ0v) is 21.0. The lowest BCUT2D eigenvalue weighted by molar-refractivity contribution is 0.0751. The molecular formula is C28H27N5O2S. The molecule has 2 aromatic carbocycles. The maximum absolute atomic E-state index is 12.9. The number of hydrogen-bond acceptors (Lipinski definition) is 7. The number of carbonyl (C=O) groups excluding carboxylic acids is 1. The van der Waals surface area contributed by atoms with Crippen molar-refractivity contribution in [3.63, 3.8) is 0 Å². The van der Waals surface area contributed by atoms with Crippen molar-refractivity contribution in [2.75, 3.05) is 31.1 Å². The van der Waals surface area contributed by atoms with Gasteiger partial charge in [-0.1, -0.05) is 61.0 Å². The average Bonchev–Trinajstić information content (AvgIpc) is 3.62. The Bertz CT molecular complexity index is 1520. The standard InChI is InChI=1S/C28H27N5O2S/c1-2-3-10-23-29-26(32-13-15-33(16-14-32)28(34)22-9-6-17-36-22)24-25(31-35-27(24)30-23)21-12-11-19-7-4-5-8-20(19)18-21/h4-9,11-12,17-18H,2-3,10,13-16H2,1H3. The first kappa shape index (κ1) is 22.7. The molecule has 0 saturated carbocycles. The minimum atomic E-state index is 0.1000. The largest absolute Gasteiger partial charge is 0.352 e. The number of rotatable bonds is 6. The number of benzene rings is 2. The second-order valence-corrected chi connectivity index (χ2v) is 10.0. The summed E-state index contributed by atoms with van der Waals surface area (Å²) in [6.07, 6.45) is 2.88. The highest BCUT2D eigenvalue weighted by molar-refractivity contribution is 7.12. The summed E-state index contributed by atoms with van der Waals surface area (Å²) in [6, 6.07) is 18.4. The number of anilines is 1. The minimum absolute atomic E-state index is 0.1000. The van der Waals surface area contributed by atoms with E-state index in [0.29, 0.717) is 31.9 Å². The van der Waals surface area contributed by atoms with Gasteiger partial charge in [-0.15, -0.1) is 11.3 Å². The van der Waals surface area contributed by atoms with Crippen molar-refractivity contribution in [2.45, 2.75) is 26.2 Å². The third kappa shape index (κ3) is 4.22. The molecule has 1 aliphatic heterocycles. The van der Waals surface area contributed by atoms with Gasteiger partial charge in [0.15, 0.2) is 0 Å². The van der Waals surface area contributed by atoms with E-state index >= 15 is 0 Å². The van der Waals surface area contributed by atoms with Gasteiger partial charge in [0, 0.05) is 38.2 Å². The first-order chi connectivity index (χ1) is 17.7. The summed E-state index contributed by atoms with van der Waals surface area (Å²) < 4.78 is 5.79. The van der Waals surface area contributed by atoms with Crippen LogP contribution in [0.25, 0.3) is 33.1 Å². The number of amides is 1. The Balaban J connectivity index is 1.37. The van der Waals surface area contributed by atoms with E-state index in [-0.39, 0.29) is 5.91 Å². The second kappa shape index (κ2) is 9.70. The van der Waals surface area contributed by atoms with E-state index < -0.39 is 0 Å². The number of aromatic nitrogens is 3. The summed E-state index contributed by atoms with van der Waals surface area (Å²) in [5.41, 5.74) is 2.25. The molecular weight excluding hydrogens is 470 g/mol. The minimum Gasteiger partial charge on any atom is -0.352 e. The van der Waals surface area contributed by atoms with Gasteiger partial charge in [0.1, 0.15) is 22.7 Å². The molecule has 0 aliphatic carbocycles. The Morgan fingerprint density at radius 2 is 1.83 bits per heavy atom. The lowest BCUT2D eigenvalue weighted by atomic mass is 10.0. The molecule has 8 heteroatoms. The zero-order valence-electron chi connectivity index (χ0n) is 20.2. The Hall–Kier alpha value is -3.78. The van der Waals surface area contributed by atoms with Crippen LogP contribution in [0.2, 0.25) is 0 Å². The molecule has 1 amide bonds. The van der Waals surface area contributed by atoms with Crippen LogP contribution >= 0.6 is 11.3 Å². The maximum atomic E-state index is 12.9. The molecule has 4 heterocycles. The predicted octanol–water partition coefficient (Wildman–Crippen LogP) is 5.80. The van der Waals surface area contributed by atoms with Gasteiger partial charge < -0.3 is 14.3 Å². The number of hydrogen-bond donors (Lipinski definition) is 0. The fraction of sp³-hybridized carbons (Fsp3) is 0.286. The van der Waals surface area contributed by atoms with Gasteiger partial charge >= 0.3 is 0 Å². The van der Waals surface area contributed by atoms with E-state index in [1.807, 2.05) is 34.5 Å². The molecule has 5 aromatic rings. The van der Waals surface area contributed by atoms with Crippen molar-refractivity contribution in [3.8, 4) is 11.3 Å². The number of piperazine rings is 1. The van der Waals surface area contributed by atoms with Crippen LogP contribution in [-0.4, -0.2) is 52.1 Å². The van der Waals surface area contributed by atoms with E-state index in [4.69, 9.17) is 14.5 Å². The van der Waals surface area contributed by atoms with Crippen molar-refractivity contribution in [1.82, 2.24) is 20.0 Å². The van der Waals surface area contributed by atoms with Crippen LogP contribution in [0.1, 0.15) is 35.3 Å². The molecule has 0 spiro atoms. The van der Waals surface area contributed by atoms with Gasteiger partial charge in [-0.25, -0.2) is 4.98 Å². The van der Waals surface area contributed by atoms with Crippen LogP contribution in [0.4, 0.5) is 5.82 Å². The maximum Gasteiger partial charge on any atom is 0.264 e. The lowest BCUT2D eigenvalue weighted by Gasteiger charge is -2.35. The molecule has 36 heavy (non-hydrogen) atoms. The predicted molar refractivity (Wildman–Crippen MR) is 144 cm³/mol. The average molecular weight is 498 g/mol. The number of thiophene rings is 1. The molecule has 3 aromatic heterocycles. The SMILES string of the molecule is CCCCc1nc(N2CCN(C(=O)c3cccs3)CC2)c2c(-c3ccc4ccccc4c3)noc2n1. The van der Waals surface area contributed by atoms with E-state index in [9.17, 15) is 4.79 Å². The van der Waals surface area contributed by atoms with Crippen LogP contribution in [0, 0.1) is 0 Å². The molecule has 0 radical (unpaired) electrons. The third-order valence-corrected chi connectivity index (χ3v) is 7.60. The molecule has 0 unspecified atom stereocenters. The van der Waals surface area contributed by atoms with E-state index in [1.165, 1.54) is 16.7 Å². The zero-order chi connectivity index (χ0) is 24.5. The third-order valence-electron chi connectivity index (χ3n) is 6.74. The van der Waals surface area contributed by atoms with Crippen LogP contribution in [0.5, 0.6) is 0 Å². The number of aryl methyl sites for hydroxylation is 1. The van der Waals surface area contributed by atoms with E-state index in [0.717, 1.165) is 57.8 Å². The van der Waals surface area contributed by atoms with Crippen LogP contribution in [-0.2, 0) is 6.42 Å². The summed E-state index contributed by atoms with van der Waals surface area (Å²) in [7, 11) is 0. The number of fused-ring (bicyclic) bond motifs is 2. The molecule has 182 valence electrons. The normalized spacial score (nSPS) is 14.1. The summed E-state index contributed by atoms with van der Waals surface area (Å²) in [6.45, 7) is 4.83. The van der Waals surface area contributed by atoms with Gasteiger partial charge in [-0.05, 0) is 34.7 Å². The smallest absolute Gasteiger partial charge is 0.264 e. The molecule has 1 aliphatic rings. The Kier molecular flexibility index (Phi) is 6.11. The molecule has 0 bridgehead atoms. The van der Waals surface area contributed by atoms with Gasteiger partial charge in [-0.3, -0.25) is 4.79 Å². The quantitative estimate of drug-likeness (QED) is 0.295. The monoisotopic (exact) mass is 497 g/mol. The molecule has 0 N–H and O–H groups in total. The van der Waals surface area contributed by atoms with Gasteiger partial charge in [0.05, 0.1) is 4.88 Å². The van der Waals surface area contributed by atoms with Crippen molar-refractivity contribution >= 4 is 44.9 Å². The molecule has 0 atom stereocenters. The van der Waals surface area contributed by atoms with Crippen LogP contribution in [0.15, 0.2) is 64.5 Å². The second-order valence-electron chi connectivity index (χ2n) is 9.10.